The molecule has 4 rings (SSSR count). The summed E-state index contributed by atoms with van der Waals surface area (Å²) in [7, 11) is -2.25. The number of hydrogen-bond acceptors (Lipinski definition) is 9. The van der Waals surface area contributed by atoms with E-state index in [9.17, 15) is 23.7 Å². The molecule has 2 heterocycles. The highest BCUT2D eigenvalue weighted by Gasteiger charge is 2.24. The van der Waals surface area contributed by atoms with Crippen molar-refractivity contribution in [3.63, 3.8) is 0 Å². The van der Waals surface area contributed by atoms with Crippen LogP contribution in [-0.4, -0.2) is 63.9 Å². The number of hydrogen-bond donors (Lipinski definition) is 4. The molecule has 2 amide bonds. The van der Waals surface area contributed by atoms with Crippen LogP contribution in [0.4, 0.5) is 5.95 Å². The summed E-state index contributed by atoms with van der Waals surface area (Å²) in [6.45, 7) is 4.05. The van der Waals surface area contributed by atoms with Gasteiger partial charge in [-0.3, -0.25) is 19.6 Å². The Kier molecular flexibility index (Phi) is 10.3. The summed E-state index contributed by atoms with van der Waals surface area (Å²) in [5.74, 6) is -0.227. The van der Waals surface area contributed by atoms with Crippen LogP contribution >= 0.6 is 7.67 Å². The van der Waals surface area contributed by atoms with Gasteiger partial charge in [-0.2, -0.15) is 5.10 Å². The van der Waals surface area contributed by atoms with Crippen molar-refractivity contribution in [2.24, 2.45) is 5.73 Å². The van der Waals surface area contributed by atoms with Crippen LogP contribution < -0.4 is 30.5 Å². The van der Waals surface area contributed by atoms with Gasteiger partial charge in [0.05, 0.1) is 31.4 Å². The maximum absolute atomic E-state index is 13.3. The van der Waals surface area contributed by atoms with Crippen molar-refractivity contribution in [1.29, 1.82) is 0 Å². The fraction of sp³-hybridized carbons (Fsp3) is 0.286. The van der Waals surface area contributed by atoms with Crippen molar-refractivity contribution in [1.82, 2.24) is 29.5 Å². The van der Waals surface area contributed by atoms with E-state index in [0.717, 1.165) is 5.56 Å². The van der Waals surface area contributed by atoms with Gasteiger partial charge in [-0.05, 0) is 56.2 Å². The van der Waals surface area contributed by atoms with Crippen LogP contribution in [0.3, 0.4) is 0 Å². The molecular formula is C28H33N8O7P. The van der Waals surface area contributed by atoms with Gasteiger partial charge in [0.1, 0.15) is 35.3 Å². The zero-order valence-corrected chi connectivity index (χ0v) is 25.3. The first-order valence-electron chi connectivity index (χ1n) is 13.6. The van der Waals surface area contributed by atoms with E-state index in [0.29, 0.717) is 60.3 Å². The van der Waals surface area contributed by atoms with Crippen molar-refractivity contribution >= 4 is 49.0 Å². The third-order valence-electron chi connectivity index (χ3n) is 6.52. The monoisotopic (exact) mass is 624 g/mol. The van der Waals surface area contributed by atoms with Gasteiger partial charge in [0.25, 0.3) is 5.91 Å². The third-order valence-corrected chi connectivity index (χ3v) is 8.18. The number of primary amides is 1. The van der Waals surface area contributed by atoms with Crippen molar-refractivity contribution in [2.45, 2.75) is 33.4 Å². The molecule has 16 heteroatoms. The lowest BCUT2D eigenvalue weighted by atomic mass is 10.1. The molecule has 5 N–H and O–H groups in total. The fourth-order valence-corrected chi connectivity index (χ4v) is 5.81. The van der Waals surface area contributed by atoms with Crippen molar-refractivity contribution in [3.8, 4) is 11.5 Å². The van der Waals surface area contributed by atoms with E-state index >= 15 is 0 Å². The van der Waals surface area contributed by atoms with Crippen LogP contribution in [0.5, 0.6) is 11.5 Å². The first kappa shape index (κ1) is 32.1. The lowest BCUT2D eigenvalue weighted by Crippen LogP contribution is -2.28. The number of ether oxygens (including phenoxy) is 1. The number of rotatable bonds is 16. The van der Waals surface area contributed by atoms with E-state index in [4.69, 9.17) is 15.0 Å². The number of carbonyl (C=O) groups excluding carboxylic acids is 4. The van der Waals surface area contributed by atoms with Crippen LogP contribution in [-0.2, 0) is 33.7 Å². The minimum Gasteiger partial charge on any atom is -0.494 e. The molecule has 2 aromatic heterocycles. The van der Waals surface area contributed by atoms with E-state index in [-0.39, 0.29) is 30.4 Å². The average molecular weight is 625 g/mol. The van der Waals surface area contributed by atoms with Crippen LogP contribution in [0.15, 0.2) is 42.5 Å². The highest BCUT2D eigenvalue weighted by molar-refractivity contribution is 7.55. The number of nitrogens with zero attached hydrogens (tertiary/aromatic N) is 4. The summed E-state index contributed by atoms with van der Waals surface area (Å²) in [6, 6.07) is 11.5. The summed E-state index contributed by atoms with van der Waals surface area (Å²) in [6.07, 6.45) is 1.52. The van der Waals surface area contributed by atoms with E-state index in [2.05, 4.69) is 25.6 Å². The summed E-state index contributed by atoms with van der Waals surface area (Å²) in [5.41, 5.74) is 8.60. The molecule has 2 aromatic carbocycles. The Balaban J connectivity index is 1.63. The average Bonchev–Trinajstić information content (AvgIpc) is 3.57. The van der Waals surface area contributed by atoms with Gasteiger partial charge in [0.15, 0.2) is 0 Å². The number of imidazole rings is 1. The van der Waals surface area contributed by atoms with Crippen molar-refractivity contribution in [2.75, 3.05) is 25.5 Å². The molecule has 232 valence electrons. The number of benzene rings is 2. The number of nitrogens with two attached hydrogens (primary N) is 1. The number of aryl methyl sites for hydroxylation is 4. The van der Waals surface area contributed by atoms with Crippen molar-refractivity contribution < 1.29 is 33.0 Å². The zero-order chi connectivity index (χ0) is 31.9. The first-order chi connectivity index (χ1) is 21.1. The third kappa shape index (κ3) is 7.37. The molecule has 44 heavy (non-hydrogen) atoms. The van der Waals surface area contributed by atoms with Gasteiger partial charge < -0.3 is 29.2 Å². The standard InChI is InChI=1S/C28H33N8O7P/c1-4-36-23(15-18(2)34-36)27(40)33-28-32-22-16-20(26(29)39)17-24(42-3)25(22)35(28)12-9-19-5-7-21(8-6-19)43-44(41,30-10-13-37)31-11-14-38/h5-8,13-17H,4,9-12H2,1-3H3,(H2,29,39)(H2,30,31,41)(H,32,33,40). The molecule has 15 nitrogen and oxygen atoms in total. The van der Waals surface area contributed by atoms with E-state index in [1.807, 2.05) is 6.92 Å². The summed E-state index contributed by atoms with van der Waals surface area (Å²) >= 11 is 0. The van der Waals surface area contributed by atoms with Gasteiger partial charge >= 0.3 is 7.67 Å². The molecule has 0 saturated heterocycles. The Morgan fingerprint density at radius 3 is 2.34 bits per heavy atom. The Morgan fingerprint density at radius 1 is 1.07 bits per heavy atom. The van der Waals surface area contributed by atoms with Gasteiger partial charge in [-0.1, -0.05) is 12.1 Å². The van der Waals surface area contributed by atoms with E-state index < -0.39 is 19.5 Å². The lowest BCUT2D eigenvalue weighted by Gasteiger charge is -2.19. The topological polar surface area (TPSA) is 202 Å². The number of methoxy groups -OCH3 is 1. The van der Waals surface area contributed by atoms with Gasteiger partial charge in [0.2, 0.25) is 11.9 Å². The zero-order valence-electron chi connectivity index (χ0n) is 24.4. The van der Waals surface area contributed by atoms with E-state index in [1.165, 1.54) is 19.2 Å². The van der Waals surface area contributed by atoms with Crippen LogP contribution in [0, 0.1) is 6.92 Å². The smallest absolute Gasteiger partial charge is 0.391 e. The molecule has 0 saturated carbocycles. The number of amides is 2. The minimum atomic E-state index is -3.71. The second kappa shape index (κ2) is 14.1. The van der Waals surface area contributed by atoms with Crippen LogP contribution in [0.2, 0.25) is 0 Å². The SMILES string of the molecule is CCn1nc(C)cc1C(=O)Nc1nc2cc(C(N)=O)cc(OC)c2n1CCc1ccc(OP(=O)(NCC=O)NCC=O)cc1. The van der Waals surface area contributed by atoms with Crippen LogP contribution in [0.1, 0.15) is 39.0 Å². The number of nitrogens with one attached hydrogen (secondary N) is 3. The lowest BCUT2D eigenvalue weighted by molar-refractivity contribution is -0.107. The van der Waals surface area contributed by atoms with Crippen molar-refractivity contribution in [3.05, 3.63) is 65.0 Å². The second-order valence-corrected chi connectivity index (χ2v) is 11.5. The maximum Gasteiger partial charge on any atom is 0.391 e. The first-order valence-corrected chi connectivity index (χ1v) is 15.2. The molecule has 0 bridgehead atoms. The number of aldehydes is 2. The highest BCUT2D eigenvalue weighted by atomic mass is 31.2. The summed E-state index contributed by atoms with van der Waals surface area (Å²) < 4.78 is 27.4. The summed E-state index contributed by atoms with van der Waals surface area (Å²) in [4.78, 5) is 51.4. The molecule has 0 aliphatic heterocycles. The maximum atomic E-state index is 13.3. The fourth-order valence-electron chi connectivity index (χ4n) is 4.52. The molecule has 0 radical (unpaired) electrons. The molecule has 0 atom stereocenters. The van der Waals surface area contributed by atoms with Gasteiger partial charge in [-0.25, -0.2) is 19.7 Å². The quantitative estimate of drug-likeness (QED) is 0.105. The largest absolute Gasteiger partial charge is 0.494 e. The molecule has 0 spiro atoms. The Labute approximate surface area is 252 Å². The number of anilines is 1. The van der Waals surface area contributed by atoms with Gasteiger partial charge in [0, 0.05) is 18.7 Å². The predicted molar refractivity (Wildman–Crippen MR) is 162 cm³/mol. The van der Waals surface area contributed by atoms with Gasteiger partial charge in [-0.15, -0.1) is 0 Å². The normalized spacial score (nSPS) is 11.3. The van der Waals surface area contributed by atoms with Crippen LogP contribution in [0.25, 0.3) is 11.0 Å². The Hall–Kier alpha value is -4.85. The molecular weight excluding hydrogens is 591 g/mol. The Bertz CT molecular complexity index is 1720. The molecule has 0 fully saturated rings. The highest BCUT2D eigenvalue weighted by Crippen LogP contribution is 2.38. The Morgan fingerprint density at radius 2 is 1.75 bits per heavy atom. The molecule has 4 aromatic rings. The molecule has 0 aliphatic rings. The molecule has 0 aliphatic carbocycles. The van der Waals surface area contributed by atoms with E-state index in [1.54, 1.807) is 46.5 Å². The number of fused-ring (bicyclic) bond motifs is 1. The predicted octanol–water partition coefficient (Wildman–Crippen LogP) is 2.23. The number of carbonyl (C=O) groups is 4. The molecule has 0 unspecified atom stereocenters. The number of aromatic nitrogens is 4. The minimum absolute atomic E-state index is 0.203. The summed E-state index contributed by atoms with van der Waals surface area (Å²) in [5, 5.41) is 12.2. The second-order valence-electron chi connectivity index (χ2n) is 9.53.